The third kappa shape index (κ3) is 3.86. The number of hydrogen-bond acceptors (Lipinski definition) is 3. The van der Waals surface area contributed by atoms with Gasteiger partial charge in [0, 0.05) is 18.8 Å². The Kier molecular flexibility index (Phi) is 4.88. The molecule has 0 unspecified atom stereocenters. The van der Waals surface area contributed by atoms with E-state index >= 15 is 0 Å². The maximum absolute atomic E-state index is 12.5. The van der Waals surface area contributed by atoms with Crippen LogP contribution in [0, 0.1) is 0 Å². The lowest BCUT2D eigenvalue weighted by molar-refractivity contribution is -0.137. The van der Waals surface area contributed by atoms with Gasteiger partial charge in [0.2, 0.25) is 0 Å². The topological polar surface area (TPSA) is 32.7 Å². The molecule has 1 N–H and O–H groups in total. The molecule has 2 rings (SSSR count). The molecule has 6 heteroatoms. The van der Waals surface area contributed by atoms with E-state index in [1.807, 2.05) is 0 Å². The molecule has 1 aromatic carbocycles. The molecule has 112 valence electrons. The molecule has 1 saturated heterocycles. The Morgan fingerprint density at radius 1 is 1.15 bits per heavy atom. The number of ether oxygens (including phenoxy) is 1. The number of aliphatic hydroxyl groups excluding tert-OH is 1. The average molecular weight is 289 g/mol. The zero-order valence-electron chi connectivity index (χ0n) is 11.1. The van der Waals surface area contributed by atoms with Crippen LogP contribution in [0.3, 0.4) is 0 Å². The molecule has 0 aliphatic carbocycles. The molecule has 3 nitrogen and oxygen atoms in total. The Bertz CT molecular complexity index is 411. The van der Waals surface area contributed by atoms with Crippen molar-refractivity contribution in [3.05, 3.63) is 29.8 Å². The zero-order valence-corrected chi connectivity index (χ0v) is 11.1. The van der Waals surface area contributed by atoms with Gasteiger partial charge >= 0.3 is 6.18 Å². The van der Waals surface area contributed by atoms with Gasteiger partial charge in [0.15, 0.2) is 0 Å². The van der Waals surface area contributed by atoms with Gasteiger partial charge in [-0.1, -0.05) is 0 Å². The van der Waals surface area contributed by atoms with Crippen molar-refractivity contribution in [2.45, 2.75) is 25.1 Å². The number of rotatable bonds is 4. The zero-order chi connectivity index (χ0) is 14.6. The summed E-state index contributed by atoms with van der Waals surface area (Å²) < 4.78 is 42.9. The highest BCUT2D eigenvalue weighted by Gasteiger charge is 2.30. The summed E-state index contributed by atoms with van der Waals surface area (Å²) in [4.78, 5) is 2.05. The highest BCUT2D eigenvalue weighted by molar-refractivity contribution is 5.48. The minimum absolute atomic E-state index is 0.0130. The lowest BCUT2D eigenvalue weighted by Crippen LogP contribution is -2.37. The van der Waals surface area contributed by atoms with Gasteiger partial charge < -0.3 is 14.7 Å². The third-order valence-electron chi connectivity index (χ3n) is 3.45. The van der Waals surface area contributed by atoms with E-state index in [0.29, 0.717) is 6.61 Å². The lowest BCUT2D eigenvalue weighted by Gasteiger charge is -2.33. The van der Waals surface area contributed by atoms with Crippen LogP contribution in [0.15, 0.2) is 24.3 Å². The smallest absolute Gasteiger partial charge is 0.394 e. The van der Waals surface area contributed by atoms with Crippen molar-refractivity contribution in [3.8, 4) is 0 Å². The van der Waals surface area contributed by atoms with Gasteiger partial charge in [0.05, 0.1) is 24.9 Å². The van der Waals surface area contributed by atoms with Crippen LogP contribution in [0.25, 0.3) is 0 Å². The van der Waals surface area contributed by atoms with E-state index in [2.05, 4.69) is 4.90 Å². The number of halogens is 3. The summed E-state index contributed by atoms with van der Waals surface area (Å²) in [6.45, 7) is 1.85. The number of nitrogens with zero attached hydrogens (tertiary/aromatic N) is 1. The first-order valence-corrected chi connectivity index (χ1v) is 6.65. The van der Waals surface area contributed by atoms with Gasteiger partial charge in [0.25, 0.3) is 0 Å². The van der Waals surface area contributed by atoms with E-state index in [1.54, 1.807) is 0 Å². The molecule has 0 amide bonds. The van der Waals surface area contributed by atoms with Gasteiger partial charge in [0.1, 0.15) is 0 Å². The van der Waals surface area contributed by atoms with Crippen LogP contribution in [-0.2, 0) is 10.9 Å². The van der Waals surface area contributed by atoms with Crippen LogP contribution in [0.5, 0.6) is 0 Å². The fourth-order valence-corrected chi connectivity index (χ4v) is 2.36. The van der Waals surface area contributed by atoms with Gasteiger partial charge in [-0.05, 0) is 37.1 Å². The average Bonchev–Trinajstić information content (AvgIpc) is 2.45. The fourth-order valence-electron chi connectivity index (χ4n) is 2.36. The van der Waals surface area contributed by atoms with E-state index in [1.165, 1.54) is 12.1 Å². The summed E-state index contributed by atoms with van der Waals surface area (Å²) in [6.07, 6.45) is -2.51. The van der Waals surface area contributed by atoms with E-state index in [9.17, 15) is 13.2 Å². The third-order valence-corrected chi connectivity index (χ3v) is 3.45. The Morgan fingerprint density at radius 2 is 1.75 bits per heavy atom. The molecule has 1 aliphatic heterocycles. The monoisotopic (exact) mass is 289 g/mol. The first kappa shape index (κ1) is 15.1. The van der Waals surface area contributed by atoms with Crippen molar-refractivity contribution in [1.29, 1.82) is 0 Å². The number of hydrogen-bond donors (Lipinski definition) is 1. The Hall–Kier alpha value is -1.27. The Labute approximate surface area is 116 Å². The largest absolute Gasteiger partial charge is 0.416 e. The van der Waals surface area contributed by atoms with Crippen LogP contribution in [0.1, 0.15) is 18.4 Å². The van der Waals surface area contributed by atoms with Crippen molar-refractivity contribution in [2.24, 2.45) is 0 Å². The molecule has 0 aromatic heterocycles. The molecule has 1 aliphatic rings. The predicted molar refractivity (Wildman–Crippen MR) is 69.7 cm³/mol. The highest BCUT2D eigenvalue weighted by atomic mass is 19.4. The quantitative estimate of drug-likeness (QED) is 0.925. The fraction of sp³-hybridized carbons (Fsp3) is 0.571. The van der Waals surface area contributed by atoms with Crippen LogP contribution in [0.4, 0.5) is 18.9 Å². The van der Waals surface area contributed by atoms with Gasteiger partial charge in [-0.15, -0.1) is 0 Å². The van der Waals surface area contributed by atoms with Crippen LogP contribution < -0.4 is 4.90 Å². The number of anilines is 1. The second-order valence-corrected chi connectivity index (χ2v) is 4.83. The van der Waals surface area contributed by atoms with Gasteiger partial charge in [-0.3, -0.25) is 0 Å². The molecule has 1 heterocycles. The molecule has 0 bridgehead atoms. The van der Waals surface area contributed by atoms with Gasteiger partial charge in [-0.2, -0.15) is 13.2 Å². The van der Waals surface area contributed by atoms with Crippen molar-refractivity contribution < 1.29 is 23.0 Å². The standard InChI is InChI=1S/C14H18F3NO2/c15-14(16,17)11-1-3-12(4-2-11)18-7-5-13(6-8-18)20-10-9-19/h1-4,13,19H,5-10H2. The summed E-state index contributed by atoms with van der Waals surface area (Å²) in [6, 6.07) is 5.25. The number of aliphatic hydroxyl groups is 1. The maximum atomic E-state index is 12.5. The van der Waals surface area contributed by atoms with E-state index < -0.39 is 11.7 Å². The second-order valence-electron chi connectivity index (χ2n) is 4.83. The maximum Gasteiger partial charge on any atom is 0.416 e. The van der Waals surface area contributed by atoms with Gasteiger partial charge in [-0.25, -0.2) is 0 Å². The Morgan fingerprint density at radius 3 is 2.25 bits per heavy atom. The van der Waals surface area contributed by atoms with Crippen molar-refractivity contribution in [1.82, 2.24) is 0 Å². The molecule has 0 saturated carbocycles. The molecule has 1 aromatic rings. The summed E-state index contributed by atoms with van der Waals surface area (Å²) in [5.41, 5.74) is 0.182. The van der Waals surface area contributed by atoms with Crippen LogP contribution >= 0.6 is 0 Å². The second kappa shape index (κ2) is 6.45. The predicted octanol–water partition coefficient (Wildman–Crippen LogP) is 2.68. The number of alkyl halides is 3. The summed E-state index contributed by atoms with van der Waals surface area (Å²) >= 11 is 0. The summed E-state index contributed by atoms with van der Waals surface area (Å²) in [5.74, 6) is 0. The molecular weight excluding hydrogens is 271 g/mol. The minimum Gasteiger partial charge on any atom is -0.394 e. The molecule has 1 fully saturated rings. The summed E-state index contributed by atoms with van der Waals surface area (Å²) in [5, 5.41) is 8.69. The number of benzene rings is 1. The normalized spacial score (nSPS) is 17.5. The van der Waals surface area contributed by atoms with E-state index in [-0.39, 0.29) is 12.7 Å². The lowest BCUT2D eigenvalue weighted by atomic mass is 10.1. The first-order chi connectivity index (χ1) is 9.50. The number of piperidine rings is 1. The Balaban J connectivity index is 1.90. The van der Waals surface area contributed by atoms with E-state index in [0.717, 1.165) is 43.8 Å². The molecule has 0 atom stereocenters. The molecule has 0 spiro atoms. The van der Waals surface area contributed by atoms with Crippen LogP contribution in [0.2, 0.25) is 0 Å². The SMILES string of the molecule is OCCOC1CCN(c2ccc(C(F)(F)F)cc2)CC1. The van der Waals surface area contributed by atoms with Crippen molar-refractivity contribution in [2.75, 3.05) is 31.2 Å². The highest BCUT2D eigenvalue weighted by Crippen LogP contribution is 2.31. The van der Waals surface area contributed by atoms with Crippen molar-refractivity contribution in [3.63, 3.8) is 0 Å². The van der Waals surface area contributed by atoms with E-state index in [4.69, 9.17) is 9.84 Å². The summed E-state index contributed by atoms with van der Waals surface area (Å²) in [7, 11) is 0. The molecule has 0 radical (unpaired) electrons. The molecular formula is C14H18F3NO2. The van der Waals surface area contributed by atoms with Crippen LogP contribution in [-0.4, -0.2) is 37.5 Å². The minimum atomic E-state index is -4.29. The van der Waals surface area contributed by atoms with Crippen molar-refractivity contribution >= 4 is 5.69 Å². The first-order valence-electron chi connectivity index (χ1n) is 6.65. The molecule has 20 heavy (non-hydrogen) atoms.